The van der Waals surface area contributed by atoms with Gasteiger partial charge in [0.2, 0.25) is 11.8 Å². The number of aliphatic hydroxyl groups excluding tert-OH is 1. The summed E-state index contributed by atoms with van der Waals surface area (Å²) in [5.74, 6) is 1.43. The lowest BCUT2D eigenvalue weighted by Gasteiger charge is -2.34. The number of nitrogens with zero attached hydrogens (tertiary/aromatic N) is 4. The first-order chi connectivity index (χ1) is 20.2. The summed E-state index contributed by atoms with van der Waals surface area (Å²) in [6.07, 6.45) is 12.1. The molecule has 9 heteroatoms. The predicted octanol–water partition coefficient (Wildman–Crippen LogP) is 5.36. The highest BCUT2D eigenvalue weighted by molar-refractivity contribution is 5.88. The number of hydrogen-bond donors (Lipinski definition) is 2. The molecule has 236 valence electrons. The first kappa shape index (κ1) is 33.7. The minimum Gasteiger partial charge on any atom is -0.494 e. The van der Waals surface area contributed by atoms with E-state index in [0.717, 1.165) is 74.9 Å². The van der Waals surface area contributed by atoms with Crippen molar-refractivity contribution in [2.45, 2.75) is 129 Å². The van der Waals surface area contributed by atoms with E-state index in [2.05, 4.69) is 9.89 Å². The Hall–Kier alpha value is -2.81. The van der Waals surface area contributed by atoms with E-state index in [1.165, 1.54) is 19.3 Å². The quantitative estimate of drug-likeness (QED) is 0.238. The van der Waals surface area contributed by atoms with Crippen molar-refractivity contribution in [3.8, 4) is 5.75 Å². The average Bonchev–Trinajstić information content (AvgIpc) is 2.95. The van der Waals surface area contributed by atoms with E-state index >= 15 is 0 Å². The van der Waals surface area contributed by atoms with Crippen LogP contribution in [-0.4, -0.2) is 82.0 Å². The van der Waals surface area contributed by atoms with Crippen LogP contribution >= 0.6 is 0 Å². The lowest BCUT2D eigenvalue weighted by atomic mass is 9.93. The highest BCUT2D eigenvalue weighted by Crippen LogP contribution is 2.30. The van der Waals surface area contributed by atoms with Crippen LogP contribution in [0.1, 0.15) is 110 Å². The molecular weight excluding hydrogens is 530 g/mol. The summed E-state index contributed by atoms with van der Waals surface area (Å²) in [6, 6.07) is 6.42. The molecule has 0 unspecified atom stereocenters. The molecule has 1 heterocycles. The molecule has 0 atom stereocenters. The van der Waals surface area contributed by atoms with Crippen LogP contribution in [0.3, 0.4) is 0 Å². The fourth-order valence-electron chi connectivity index (χ4n) is 6.29. The Kier molecular flexibility index (Phi) is 13.9. The number of amides is 2. The Labute approximate surface area is 253 Å². The summed E-state index contributed by atoms with van der Waals surface area (Å²) in [5, 5.41) is 9.03. The second kappa shape index (κ2) is 17.3. The fraction of sp³-hybridized carbons (Fsp3) is 0.727. The molecule has 0 radical (unpaired) electrons. The third-order valence-corrected chi connectivity index (χ3v) is 8.39. The number of aliphatic hydroxyl groups is 1. The number of carbonyl (C=O) groups is 2. The number of ether oxygens (including phenoxy) is 1. The molecule has 0 saturated heterocycles. The first-order valence-electron chi connectivity index (χ1n) is 16.3. The number of unbranched alkanes of at least 4 members (excludes halogenated alkanes) is 4. The summed E-state index contributed by atoms with van der Waals surface area (Å²) < 4.78 is 6.06. The zero-order valence-corrected chi connectivity index (χ0v) is 26.5. The lowest BCUT2D eigenvalue weighted by Crippen LogP contribution is -2.50. The van der Waals surface area contributed by atoms with E-state index in [-0.39, 0.29) is 37.0 Å². The van der Waals surface area contributed by atoms with Gasteiger partial charge in [-0.05, 0) is 84.4 Å². The standard InChI is InChI=1S/C33H55N5O4/c1-25(2)38(26(3)4)32(41)24-36-23-27-22-29(17-18-30(27)35-33(36)34)42-21-13-10-16-31(40)37(19-11-5-6-12-20-39)28-14-8-7-9-15-28/h17-18,22,25-26,28,39H,5-16,19-21,23-24H2,1-4H3,(H2,34,35). The summed E-state index contributed by atoms with van der Waals surface area (Å²) in [5.41, 5.74) is 8.00. The maximum atomic E-state index is 13.2. The van der Waals surface area contributed by atoms with Crippen LogP contribution in [0.2, 0.25) is 0 Å². The van der Waals surface area contributed by atoms with Crippen molar-refractivity contribution in [3.63, 3.8) is 0 Å². The second-order valence-electron chi connectivity index (χ2n) is 12.4. The minimum atomic E-state index is 0.0345. The highest BCUT2D eigenvalue weighted by Gasteiger charge is 2.27. The Bertz CT molecular complexity index is 1010. The van der Waals surface area contributed by atoms with Gasteiger partial charge in [0.1, 0.15) is 12.3 Å². The SMILES string of the molecule is CC(C)N(C(=O)CN1Cc2cc(OCCCCC(=O)N(CCCCCCO)C3CCCCC3)ccc2N=C1N)C(C)C. The smallest absolute Gasteiger partial charge is 0.242 e. The van der Waals surface area contributed by atoms with E-state index in [4.69, 9.17) is 15.6 Å². The van der Waals surface area contributed by atoms with Crippen molar-refractivity contribution in [1.29, 1.82) is 0 Å². The van der Waals surface area contributed by atoms with E-state index in [1.807, 2.05) is 55.7 Å². The molecule has 0 spiro atoms. The second-order valence-corrected chi connectivity index (χ2v) is 12.4. The van der Waals surface area contributed by atoms with Gasteiger partial charge in [-0.15, -0.1) is 0 Å². The molecule has 2 aliphatic rings. The average molecular weight is 586 g/mol. The number of rotatable bonds is 17. The molecule has 3 rings (SSSR count). The topological polar surface area (TPSA) is 112 Å². The Morgan fingerprint density at radius 1 is 1.00 bits per heavy atom. The van der Waals surface area contributed by atoms with Gasteiger partial charge in [0.05, 0.1) is 12.3 Å². The summed E-state index contributed by atoms with van der Waals surface area (Å²) >= 11 is 0. The van der Waals surface area contributed by atoms with Crippen molar-refractivity contribution >= 4 is 23.5 Å². The summed E-state index contributed by atoms with van der Waals surface area (Å²) in [7, 11) is 0. The van der Waals surface area contributed by atoms with Crippen LogP contribution in [0.4, 0.5) is 5.69 Å². The third kappa shape index (κ3) is 10.2. The minimum absolute atomic E-state index is 0.0345. The molecular formula is C33H55N5O4. The van der Waals surface area contributed by atoms with Crippen molar-refractivity contribution < 1.29 is 19.4 Å². The number of fused-ring (bicyclic) bond motifs is 1. The molecule has 42 heavy (non-hydrogen) atoms. The zero-order valence-electron chi connectivity index (χ0n) is 26.5. The Balaban J connectivity index is 1.47. The lowest BCUT2D eigenvalue weighted by molar-refractivity contribution is -0.135. The predicted molar refractivity (Wildman–Crippen MR) is 169 cm³/mol. The Morgan fingerprint density at radius 2 is 1.71 bits per heavy atom. The van der Waals surface area contributed by atoms with Gasteiger partial charge in [-0.2, -0.15) is 0 Å². The van der Waals surface area contributed by atoms with E-state index in [9.17, 15) is 9.59 Å². The van der Waals surface area contributed by atoms with E-state index in [0.29, 0.717) is 31.6 Å². The third-order valence-electron chi connectivity index (χ3n) is 8.39. The van der Waals surface area contributed by atoms with Crippen LogP contribution < -0.4 is 10.5 Å². The molecule has 1 aromatic rings. The summed E-state index contributed by atoms with van der Waals surface area (Å²) in [6.45, 7) is 10.4. The molecule has 1 saturated carbocycles. The van der Waals surface area contributed by atoms with E-state index < -0.39 is 0 Å². The maximum Gasteiger partial charge on any atom is 0.242 e. The fourth-order valence-corrected chi connectivity index (χ4v) is 6.29. The van der Waals surface area contributed by atoms with Crippen molar-refractivity contribution in [3.05, 3.63) is 23.8 Å². The molecule has 1 fully saturated rings. The van der Waals surface area contributed by atoms with Gasteiger partial charge >= 0.3 is 0 Å². The first-order valence-corrected chi connectivity index (χ1v) is 16.3. The van der Waals surface area contributed by atoms with Crippen LogP contribution in [-0.2, 0) is 16.1 Å². The van der Waals surface area contributed by atoms with Gasteiger partial charge in [-0.25, -0.2) is 4.99 Å². The monoisotopic (exact) mass is 585 g/mol. The number of aliphatic imine (C=N–C) groups is 1. The molecule has 2 amide bonds. The van der Waals surface area contributed by atoms with Crippen molar-refractivity contribution in [1.82, 2.24) is 14.7 Å². The number of hydrogen-bond acceptors (Lipinski definition) is 7. The number of nitrogens with two attached hydrogens (primary N) is 1. The van der Waals surface area contributed by atoms with Crippen molar-refractivity contribution in [2.75, 3.05) is 26.3 Å². The van der Waals surface area contributed by atoms with Crippen LogP contribution in [0.25, 0.3) is 0 Å². The molecule has 0 bridgehead atoms. The summed E-state index contributed by atoms with van der Waals surface area (Å²) in [4.78, 5) is 36.6. The largest absolute Gasteiger partial charge is 0.494 e. The number of benzene rings is 1. The van der Waals surface area contributed by atoms with Crippen LogP contribution in [0.5, 0.6) is 5.75 Å². The molecule has 1 aromatic carbocycles. The number of guanidine groups is 1. The molecule has 1 aliphatic heterocycles. The molecule has 0 aromatic heterocycles. The Morgan fingerprint density at radius 3 is 2.40 bits per heavy atom. The van der Waals surface area contributed by atoms with Gasteiger partial charge in [0.15, 0.2) is 5.96 Å². The van der Waals surface area contributed by atoms with Gasteiger partial charge in [-0.3, -0.25) is 9.59 Å². The van der Waals surface area contributed by atoms with Gasteiger partial charge < -0.3 is 30.3 Å². The highest BCUT2D eigenvalue weighted by atomic mass is 16.5. The normalized spacial score (nSPS) is 15.5. The zero-order chi connectivity index (χ0) is 30.5. The molecule has 9 nitrogen and oxygen atoms in total. The molecule has 3 N–H and O–H groups in total. The van der Waals surface area contributed by atoms with Gasteiger partial charge in [0.25, 0.3) is 0 Å². The number of carbonyl (C=O) groups excluding carboxylic acids is 2. The van der Waals surface area contributed by atoms with Crippen LogP contribution in [0.15, 0.2) is 23.2 Å². The van der Waals surface area contributed by atoms with Crippen molar-refractivity contribution in [2.24, 2.45) is 10.7 Å². The maximum absolute atomic E-state index is 13.2. The van der Waals surface area contributed by atoms with E-state index in [1.54, 1.807) is 0 Å². The van der Waals surface area contributed by atoms with Gasteiger partial charge in [0, 0.05) is 49.8 Å². The molecule has 1 aliphatic carbocycles. The van der Waals surface area contributed by atoms with Gasteiger partial charge in [-0.1, -0.05) is 32.1 Å². The van der Waals surface area contributed by atoms with Crippen LogP contribution in [0, 0.1) is 0 Å².